The first-order valence-corrected chi connectivity index (χ1v) is 4.89. The van der Waals surface area contributed by atoms with Crippen molar-refractivity contribution in [3.63, 3.8) is 0 Å². The molecule has 1 aliphatic rings. The van der Waals surface area contributed by atoms with E-state index in [9.17, 15) is 0 Å². The van der Waals surface area contributed by atoms with E-state index in [1.54, 1.807) is 0 Å². The molecule has 0 aliphatic heterocycles. The molecular formula is C12H18N. The van der Waals surface area contributed by atoms with Crippen LogP contribution in [0.2, 0.25) is 0 Å². The summed E-state index contributed by atoms with van der Waals surface area (Å²) in [5.74, 6) is 6.50. The highest BCUT2D eigenvalue weighted by Gasteiger charge is 2.01. The van der Waals surface area contributed by atoms with E-state index in [2.05, 4.69) is 50.3 Å². The second-order valence-corrected chi connectivity index (χ2v) is 3.70. The number of nitrogens with zero attached hydrogens (tertiary/aromatic N) is 1. The largest absolute Gasteiger partial charge is 0.296 e. The maximum absolute atomic E-state index is 3.25. The minimum atomic E-state index is 0.354. The third-order valence-electron chi connectivity index (χ3n) is 2.36. The molecule has 0 aromatic heterocycles. The molecule has 0 saturated carbocycles. The zero-order chi connectivity index (χ0) is 9.68. The lowest BCUT2D eigenvalue weighted by Crippen LogP contribution is -2.22. The van der Waals surface area contributed by atoms with Crippen LogP contribution in [0.15, 0.2) is 11.6 Å². The maximum Gasteiger partial charge on any atom is 0.0684 e. The van der Waals surface area contributed by atoms with Gasteiger partial charge in [0, 0.05) is 0 Å². The van der Waals surface area contributed by atoms with Crippen LogP contribution in [0.4, 0.5) is 0 Å². The quantitative estimate of drug-likeness (QED) is 0.554. The van der Waals surface area contributed by atoms with Crippen LogP contribution in [-0.4, -0.2) is 25.0 Å². The Morgan fingerprint density at radius 1 is 1.46 bits per heavy atom. The number of allylic oxidation sites excluding steroid dienone is 2. The van der Waals surface area contributed by atoms with Gasteiger partial charge in [-0.1, -0.05) is 17.9 Å². The molecule has 0 bridgehead atoms. The van der Waals surface area contributed by atoms with Crippen molar-refractivity contribution >= 4 is 0 Å². The Hall–Kier alpha value is -0.740. The summed E-state index contributed by atoms with van der Waals surface area (Å²) in [6.45, 7) is 2.13. The lowest BCUT2D eigenvalue weighted by molar-refractivity contribution is 0.373. The highest BCUT2D eigenvalue weighted by atomic mass is 15.1. The van der Waals surface area contributed by atoms with Crippen molar-refractivity contribution in [3.8, 4) is 11.8 Å². The van der Waals surface area contributed by atoms with Crippen LogP contribution in [0.5, 0.6) is 0 Å². The molecule has 13 heavy (non-hydrogen) atoms. The van der Waals surface area contributed by atoms with Crippen molar-refractivity contribution < 1.29 is 0 Å². The van der Waals surface area contributed by atoms with E-state index in [4.69, 9.17) is 0 Å². The molecular weight excluding hydrogens is 158 g/mol. The summed E-state index contributed by atoms with van der Waals surface area (Å²) in [4.78, 5) is 2.13. The minimum Gasteiger partial charge on any atom is -0.296 e. The first-order chi connectivity index (χ1) is 6.20. The summed E-state index contributed by atoms with van der Waals surface area (Å²) in [5.41, 5.74) is 1.32. The summed E-state index contributed by atoms with van der Waals surface area (Å²) >= 11 is 0. The third-order valence-corrected chi connectivity index (χ3v) is 2.36. The van der Waals surface area contributed by atoms with Crippen molar-refractivity contribution in [3.05, 3.63) is 18.1 Å². The Morgan fingerprint density at radius 3 is 2.77 bits per heavy atom. The molecule has 0 aromatic carbocycles. The van der Waals surface area contributed by atoms with Crippen molar-refractivity contribution in [2.75, 3.05) is 14.1 Å². The van der Waals surface area contributed by atoms with Gasteiger partial charge in [-0.15, -0.1) is 0 Å². The van der Waals surface area contributed by atoms with Crippen LogP contribution in [-0.2, 0) is 0 Å². The summed E-state index contributed by atoms with van der Waals surface area (Å²) in [5, 5.41) is 0. The van der Waals surface area contributed by atoms with E-state index < -0.39 is 0 Å². The van der Waals surface area contributed by atoms with Crippen molar-refractivity contribution in [2.45, 2.75) is 32.2 Å². The van der Waals surface area contributed by atoms with Gasteiger partial charge in [0.1, 0.15) is 0 Å². The van der Waals surface area contributed by atoms with Crippen molar-refractivity contribution in [1.82, 2.24) is 4.90 Å². The summed E-state index contributed by atoms with van der Waals surface area (Å²) < 4.78 is 0. The highest BCUT2D eigenvalue weighted by molar-refractivity contribution is 5.32. The second-order valence-electron chi connectivity index (χ2n) is 3.70. The molecule has 0 amide bonds. The van der Waals surface area contributed by atoms with Gasteiger partial charge in [-0.05, 0) is 52.3 Å². The topological polar surface area (TPSA) is 3.24 Å². The van der Waals surface area contributed by atoms with Crippen LogP contribution in [0.3, 0.4) is 0 Å². The minimum absolute atomic E-state index is 0.354. The van der Waals surface area contributed by atoms with E-state index in [0.29, 0.717) is 6.04 Å². The smallest absolute Gasteiger partial charge is 0.0684 e. The van der Waals surface area contributed by atoms with Crippen LogP contribution in [0, 0.1) is 18.3 Å². The number of hydrogen-bond acceptors (Lipinski definition) is 1. The van der Waals surface area contributed by atoms with Crippen LogP contribution in [0.1, 0.15) is 26.2 Å². The Kier molecular flexibility index (Phi) is 4.05. The SMILES string of the molecule is CC(C#CC1=CC[CH]CC1)N(C)C. The van der Waals surface area contributed by atoms with Gasteiger partial charge in [-0.2, -0.15) is 0 Å². The standard InChI is InChI=1S/C12H18N/c1-11(13(2)3)9-10-12-7-5-4-6-8-12/h4,7,11H,5-6,8H2,1-3H3. The Balaban J connectivity index is 2.50. The van der Waals surface area contributed by atoms with Gasteiger partial charge >= 0.3 is 0 Å². The van der Waals surface area contributed by atoms with Gasteiger partial charge in [-0.25, -0.2) is 0 Å². The molecule has 0 saturated heterocycles. The number of hydrogen-bond donors (Lipinski definition) is 0. The fourth-order valence-electron chi connectivity index (χ4n) is 1.14. The molecule has 1 rings (SSSR count). The van der Waals surface area contributed by atoms with Gasteiger partial charge in [-0.3, -0.25) is 4.90 Å². The fraction of sp³-hybridized carbons (Fsp3) is 0.583. The first kappa shape index (κ1) is 10.3. The van der Waals surface area contributed by atoms with Crippen LogP contribution in [0.25, 0.3) is 0 Å². The van der Waals surface area contributed by atoms with Gasteiger partial charge < -0.3 is 0 Å². The molecule has 1 heteroatoms. The number of rotatable bonds is 1. The van der Waals surface area contributed by atoms with Crippen molar-refractivity contribution in [2.24, 2.45) is 0 Å². The van der Waals surface area contributed by atoms with Crippen LogP contribution < -0.4 is 0 Å². The Bertz CT molecular complexity index is 240. The lowest BCUT2D eigenvalue weighted by atomic mass is 10.00. The maximum atomic E-state index is 3.25. The zero-order valence-corrected chi connectivity index (χ0v) is 8.80. The third kappa shape index (κ3) is 3.65. The summed E-state index contributed by atoms with van der Waals surface area (Å²) in [6.07, 6.45) is 7.96. The predicted molar refractivity (Wildman–Crippen MR) is 57.2 cm³/mol. The Labute approximate surface area is 81.8 Å². The van der Waals surface area contributed by atoms with Gasteiger partial charge in [0.25, 0.3) is 0 Å². The molecule has 71 valence electrons. The molecule has 0 spiro atoms. The van der Waals surface area contributed by atoms with E-state index in [1.165, 1.54) is 12.0 Å². The molecule has 1 atom stereocenters. The van der Waals surface area contributed by atoms with E-state index in [0.717, 1.165) is 12.8 Å². The molecule has 0 N–H and O–H groups in total. The summed E-state index contributed by atoms with van der Waals surface area (Å²) in [6, 6.07) is 0.354. The van der Waals surface area contributed by atoms with E-state index >= 15 is 0 Å². The molecule has 1 nitrogen and oxygen atoms in total. The fourth-order valence-corrected chi connectivity index (χ4v) is 1.14. The van der Waals surface area contributed by atoms with Gasteiger partial charge in [0.2, 0.25) is 0 Å². The second kappa shape index (κ2) is 5.09. The van der Waals surface area contributed by atoms with Crippen LogP contribution >= 0.6 is 0 Å². The van der Waals surface area contributed by atoms with Gasteiger partial charge in [0.15, 0.2) is 0 Å². The first-order valence-electron chi connectivity index (χ1n) is 4.89. The molecule has 1 radical (unpaired) electrons. The monoisotopic (exact) mass is 176 g/mol. The lowest BCUT2D eigenvalue weighted by Gasteiger charge is -2.13. The molecule has 0 fully saturated rings. The molecule has 1 aliphatic carbocycles. The average Bonchev–Trinajstić information content (AvgIpc) is 2.15. The van der Waals surface area contributed by atoms with E-state index in [-0.39, 0.29) is 0 Å². The predicted octanol–water partition coefficient (Wildman–Crippen LogP) is 2.25. The van der Waals surface area contributed by atoms with Crippen molar-refractivity contribution in [1.29, 1.82) is 0 Å². The average molecular weight is 176 g/mol. The summed E-state index contributed by atoms with van der Waals surface area (Å²) in [7, 11) is 4.12. The van der Waals surface area contributed by atoms with E-state index in [1.807, 2.05) is 0 Å². The highest BCUT2D eigenvalue weighted by Crippen LogP contribution is 2.15. The molecule has 0 heterocycles. The molecule has 0 aromatic rings. The Morgan fingerprint density at radius 2 is 2.23 bits per heavy atom. The van der Waals surface area contributed by atoms with Gasteiger partial charge in [0.05, 0.1) is 6.04 Å². The normalized spacial score (nSPS) is 18.9. The molecule has 1 unspecified atom stereocenters. The zero-order valence-electron chi connectivity index (χ0n) is 8.80.